The molecule has 0 saturated heterocycles. The molecule has 20 heavy (non-hydrogen) atoms. The lowest BCUT2D eigenvalue weighted by molar-refractivity contribution is 0.0715. The van der Waals surface area contributed by atoms with Gasteiger partial charge in [0.1, 0.15) is 12.7 Å². The van der Waals surface area contributed by atoms with Crippen LogP contribution in [0.3, 0.4) is 0 Å². The predicted octanol–water partition coefficient (Wildman–Crippen LogP) is 3.12. The second kappa shape index (κ2) is 5.94. The van der Waals surface area contributed by atoms with E-state index in [4.69, 9.17) is 11.6 Å². The first kappa shape index (κ1) is 15.0. The van der Waals surface area contributed by atoms with Gasteiger partial charge in [-0.1, -0.05) is 50.6 Å². The number of aliphatic hydroxyl groups excluding tert-OH is 1. The highest BCUT2D eigenvalue weighted by Gasteiger charge is 2.34. The Balaban J connectivity index is 2.31. The monoisotopic (exact) mass is 293 g/mol. The highest BCUT2D eigenvalue weighted by Crippen LogP contribution is 2.41. The molecule has 0 aliphatic heterocycles. The van der Waals surface area contributed by atoms with Crippen molar-refractivity contribution in [3.63, 3.8) is 0 Å². The molecular weight excluding hydrogens is 274 g/mol. The molecule has 1 N–H and O–H groups in total. The fourth-order valence-electron chi connectivity index (χ4n) is 2.60. The number of rotatable bonds is 4. The van der Waals surface area contributed by atoms with E-state index in [9.17, 15) is 5.11 Å². The van der Waals surface area contributed by atoms with Gasteiger partial charge in [-0.3, -0.25) is 4.68 Å². The summed E-state index contributed by atoms with van der Waals surface area (Å²) >= 11 is 6.31. The van der Waals surface area contributed by atoms with Gasteiger partial charge < -0.3 is 5.11 Å². The first-order valence-electron chi connectivity index (χ1n) is 6.64. The van der Waals surface area contributed by atoms with Crippen molar-refractivity contribution in [1.29, 1.82) is 0 Å². The van der Waals surface area contributed by atoms with Crippen molar-refractivity contribution in [2.45, 2.75) is 39.3 Å². The van der Waals surface area contributed by atoms with Gasteiger partial charge in [0, 0.05) is 10.9 Å². The van der Waals surface area contributed by atoms with E-state index in [0.29, 0.717) is 11.6 Å². The Bertz CT molecular complexity index is 548. The Morgan fingerprint density at radius 2 is 2.00 bits per heavy atom. The fourth-order valence-corrected chi connectivity index (χ4v) is 2.86. The summed E-state index contributed by atoms with van der Waals surface area (Å²) in [6.07, 6.45) is 2.49. The zero-order valence-corrected chi connectivity index (χ0v) is 12.7. The molecule has 2 atom stereocenters. The molecule has 1 aromatic carbocycles. The lowest BCUT2D eigenvalue weighted by Crippen LogP contribution is -2.33. The molecule has 0 aliphatic rings. The van der Waals surface area contributed by atoms with Crippen LogP contribution < -0.4 is 0 Å². The summed E-state index contributed by atoms with van der Waals surface area (Å²) in [7, 11) is 0. The maximum absolute atomic E-state index is 10.6. The van der Waals surface area contributed by atoms with Gasteiger partial charge in [-0.2, -0.15) is 5.10 Å². The third-order valence-electron chi connectivity index (χ3n) is 3.40. The number of nitrogens with zero attached hydrogens (tertiary/aromatic N) is 3. The fraction of sp³-hybridized carbons (Fsp3) is 0.467. The molecule has 1 heterocycles. The summed E-state index contributed by atoms with van der Waals surface area (Å²) in [4.78, 5) is 3.90. The van der Waals surface area contributed by atoms with Crippen molar-refractivity contribution in [1.82, 2.24) is 14.8 Å². The molecule has 0 saturated carbocycles. The number of hydrogen-bond donors (Lipinski definition) is 1. The maximum Gasteiger partial charge on any atom is 0.137 e. The van der Waals surface area contributed by atoms with Crippen LogP contribution in [0.4, 0.5) is 0 Å². The van der Waals surface area contributed by atoms with Gasteiger partial charge in [-0.05, 0) is 17.0 Å². The first-order chi connectivity index (χ1) is 9.39. The Morgan fingerprint density at radius 1 is 1.30 bits per heavy atom. The average Bonchev–Trinajstić information content (AvgIpc) is 2.83. The molecule has 0 spiro atoms. The molecule has 0 amide bonds. The molecule has 4 nitrogen and oxygen atoms in total. The van der Waals surface area contributed by atoms with E-state index >= 15 is 0 Å². The average molecular weight is 294 g/mol. The van der Waals surface area contributed by atoms with E-state index in [1.807, 2.05) is 24.3 Å². The third-order valence-corrected chi connectivity index (χ3v) is 3.74. The molecule has 2 aromatic rings. The number of hydrogen-bond acceptors (Lipinski definition) is 3. The number of aromatic nitrogens is 3. The van der Waals surface area contributed by atoms with E-state index in [2.05, 4.69) is 30.9 Å². The predicted molar refractivity (Wildman–Crippen MR) is 79.7 cm³/mol. The second-order valence-electron chi connectivity index (χ2n) is 6.05. The summed E-state index contributed by atoms with van der Waals surface area (Å²) in [5.74, 6) is -0.0830. The molecule has 2 rings (SSSR count). The van der Waals surface area contributed by atoms with E-state index < -0.39 is 6.10 Å². The van der Waals surface area contributed by atoms with Gasteiger partial charge in [0.05, 0.1) is 12.6 Å². The van der Waals surface area contributed by atoms with Crippen molar-refractivity contribution in [2.75, 3.05) is 0 Å². The Hall–Kier alpha value is -1.39. The van der Waals surface area contributed by atoms with Crippen LogP contribution in [0.5, 0.6) is 0 Å². The Labute approximate surface area is 124 Å². The van der Waals surface area contributed by atoms with Gasteiger partial charge in [0.15, 0.2) is 0 Å². The summed E-state index contributed by atoms with van der Waals surface area (Å²) < 4.78 is 1.64. The Kier molecular flexibility index (Phi) is 4.45. The standard InChI is InChI=1S/C15H20ClN3O/c1-15(2,3)14(11-6-4-5-7-12(11)16)13(20)8-19-10-17-9-18-19/h4-7,9-10,13-14,20H,8H2,1-3H3. The highest BCUT2D eigenvalue weighted by molar-refractivity contribution is 6.31. The van der Waals surface area contributed by atoms with Crippen LogP contribution in [0.2, 0.25) is 5.02 Å². The molecule has 108 valence electrons. The smallest absolute Gasteiger partial charge is 0.137 e. The summed E-state index contributed by atoms with van der Waals surface area (Å²) in [6, 6.07) is 7.68. The normalized spacial score (nSPS) is 15.1. The van der Waals surface area contributed by atoms with Crippen LogP contribution in [0.25, 0.3) is 0 Å². The van der Waals surface area contributed by atoms with Crippen molar-refractivity contribution in [3.05, 3.63) is 47.5 Å². The minimum absolute atomic E-state index is 0.0830. The van der Waals surface area contributed by atoms with Crippen LogP contribution in [-0.2, 0) is 6.54 Å². The van der Waals surface area contributed by atoms with Crippen molar-refractivity contribution >= 4 is 11.6 Å². The molecule has 0 bridgehead atoms. The maximum atomic E-state index is 10.6. The van der Waals surface area contributed by atoms with E-state index in [-0.39, 0.29) is 11.3 Å². The summed E-state index contributed by atoms with van der Waals surface area (Å²) in [6.45, 7) is 6.70. The van der Waals surface area contributed by atoms with Crippen LogP contribution in [0.15, 0.2) is 36.9 Å². The molecular formula is C15H20ClN3O. The molecule has 0 aliphatic carbocycles. The summed E-state index contributed by atoms with van der Waals surface area (Å²) in [5.41, 5.74) is 0.847. The topological polar surface area (TPSA) is 50.9 Å². The summed E-state index contributed by atoms with van der Waals surface area (Å²) in [5, 5.41) is 15.4. The minimum atomic E-state index is -0.586. The lowest BCUT2D eigenvalue weighted by atomic mass is 9.73. The molecule has 2 unspecified atom stereocenters. The molecule has 0 fully saturated rings. The van der Waals surface area contributed by atoms with Crippen molar-refractivity contribution in [2.24, 2.45) is 5.41 Å². The largest absolute Gasteiger partial charge is 0.391 e. The van der Waals surface area contributed by atoms with Crippen LogP contribution in [-0.4, -0.2) is 26.0 Å². The lowest BCUT2D eigenvalue weighted by Gasteiger charge is -2.35. The van der Waals surface area contributed by atoms with Gasteiger partial charge in [0.2, 0.25) is 0 Å². The van der Waals surface area contributed by atoms with Gasteiger partial charge in [-0.15, -0.1) is 0 Å². The number of benzene rings is 1. The minimum Gasteiger partial charge on any atom is -0.391 e. The molecule has 1 aromatic heterocycles. The zero-order chi connectivity index (χ0) is 14.8. The van der Waals surface area contributed by atoms with Crippen LogP contribution in [0.1, 0.15) is 32.3 Å². The van der Waals surface area contributed by atoms with E-state index in [0.717, 1.165) is 5.56 Å². The first-order valence-corrected chi connectivity index (χ1v) is 7.02. The van der Waals surface area contributed by atoms with Crippen molar-refractivity contribution in [3.8, 4) is 0 Å². The van der Waals surface area contributed by atoms with E-state index in [1.165, 1.54) is 6.33 Å². The third kappa shape index (κ3) is 3.38. The van der Waals surface area contributed by atoms with Gasteiger partial charge in [-0.25, -0.2) is 4.98 Å². The van der Waals surface area contributed by atoms with Gasteiger partial charge in [0.25, 0.3) is 0 Å². The highest BCUT2D eigenvalue weighted by atomic mass is 35.5. The van der Waals surface area contributed by atoms with Crippen molar-refractivity contribution < 1.29 is 5.11 Å². The van der Waals surface area contributed by atoms with Gasteiger partial charge >= 0.3 is 0 Å². The molecule has 5 heteroatoms. The quantitative estimate of drug-likeness (QED) is 0.942. The van der Waals surface area contributed by atoms with E-state index in [1.54, 1.807) is 11.0 Å². The number of halogens is 1. The second-order valence-corrected chi connectivity index (χ2v) is 6.46. The van der Waals surface area contributed by atoms with Crippen LogP contribution in [0, 0.1) is 5.41 Å². The SMILES string of the molecule is CC(C)(C)C(c1ccccc1Cl)C(O)Cn1cncn1. The Morgan fingerprint density at radius 3 is 2.55 bits per heavy atom. The van der Waals surface area contributed by atoms with Crippen LogP contribution >= 0.6 is 11.6 Å². The molecule has 0 radical (unpaired) electrons. The number of aliphatic hydroxyl groups is 1. The zero-order valence-electron chi connectivity index (χ0n) is 12.0.